The van der Waals surface area contributed by atoms with Crippen LogP contribution in [-0.2, 0) is 14.8 Å². The van der Waals surface area contributed by atoms with Crippen molar-refractivity contribution in [2.24, 2.45) is 0 Å². The van der Waals surface area contributed by atoms with E-state index in [0.717, 1.165) is 22.2 Å². The van der Waals surface area contributed by atoms with Crippen molar-refractivity contribution in [2.45, 2.75) is 6.92 Å². The molecule has 0 spiro atoms. The number of carbonyl (C=O) groups excluding carboxylic acids is 1. The van der Waals surface area contributed by atoms with E-state index in [-0.39, 0.29) is 18.8 Å². The van der Waals surface area contributed by atoms with Crippen LogP contribution in [0, 0.1) is 12.7 Å². The summed E-state index contributed by atoms with van der Waals surface area (Å²) >= 11 is 0. The average molecular weight is 380 g/mol. The van der Waals surface area contributed by atoms with Gasteiger partial charge < -0.3 is 10.1 Å². The number of hydrogen-bond donors (Lipinski definition) is 1. The molecule has 6 nitrogen and oxygen atoms in total. The Bertz CT molecular complexity index is 854. The summed E-state index contributed by atoms with van der Waals surface area (Å²) in [6, 6.07) is 12.6. The van der Waals surface area contributed by atoms with Gasteiger partial charge in [-0.15, -0.1) is 0 Å². The molecule has 2 aromatic carbocycles. The third-order valence-electron chi connectivity index (χ3n) is 3.50. The van der Waals surface area contributed by atoms with Gasteiger partial charge in [-0.2, -0.15) is 0 Å². The second kappa shape index (κ2) is 8.66. The molecular formula is C18H21FN2O4S. The van der Waals surface area contributed by atoms with Crippen LogP contribution in [0.2, 0.25) is 0 Å². The van der Waals surface area contributed by atoms with Gasteiger partial charge in [-0.25, -0.2) is 12.8 Å². The first-order valence-electron chi connectivity index (χ1n) is 7.95. The number of rotatable bonds is 8. The monoisotopic (exact) mass is 380 g/mol. The molecule has 1 amide bonds. The van der Waals surface area contributed by atoms with Crippen LogP contribution in [-0.4, -0.2) is 40.3 Å². The van der Waals surface area contributed by atoms with E-state index >= 15 is 0 Å². The minimum atomic E-state index is -3.73. The predicted octanol–water partition coefficient (Wildman–Crippen LogP) is 2.10. The molecule has 8 heteroatoms. The molecule has 0 saturated heterocycles. The first-order valence-corrected chi connectivity index (χ1v) is 9.80. The van der Waals surface area contributed by atoms with E-state index in [1.165, 1.54) is 18.2 Å². The number of benzene rings is 2. The van der Waals surface area contributed by atoms with Crippen LogP contribution in [0.1, 0.15) is 5.56 Å². The van der Waals surface area contributed by atoms with Crippen molar-refractivity contribution in [1.29, 1.82) is 0 Å². The topological polar surface area (TPSA) is 75.7 Å². The molecule has 2 rings (SSSR count). The van der Waals surface area contributed by atoms with Crippen molar-refractivity contribution in [3.8, 4) is 5.75 Å². The highest BCUT2D eigenvalue weighted by atomic mass is 32.2. The van der Waals surface area contributed by atoms with Gasteiger partial charge in [0.1, 0.15) is 24.7 Å². The van der Waals surface area contributed by atoms with Crippen LogP contribution < -0.4 is 14.4 Å². The third kappa shape index (κ3) is 6.03. The Balaban J connectivity index is 1.88. The Labute approximate surface area is 152 Å². The number of halogens is 1. The lowest BCUT2D eigenvalue weighted by Crippen LogP contribution is -2.41. The Kier molecular flexibility index (Phi) is 6.57. The Morgan fingerprint density at radius 1 is 1.19 bits per heavy atom. The number of carbonyl (C=O) groups is 1. The van der Waals surface area contributed by atoms with E-state index < -0.39 is 28.3 Å². The molecule has 0 radical (unpaired) electrons. The maximum absolute atomic E-state index is 13.3. The van der Waals surface area contributed by atoms with Gasteiger partial charge in [-0.05, 0) is 37.3 Å². The standard InChI is InChI=1S/C18H21FN2O4S/c1-14-6-8-17(9-7-14)25-11-10-20-18(22)13-21(26(2,23)24)16-5-3-4-15(19)12-16/h3-9,12H,10-11,13H2,1-2H3,(H,20,22). The summed E-state index contributed by atoms with van der Waals surface area (Å²) in [5.41, 5.74) is 1.21. The van der Waals surface area contributed by atoms with E-state index in [4.69, 9.17) is 4.74 Å². The number of amides is 1. The fourth-order valence-electron chi connectivity index (χ4n) is 2.21. The SMILES string of the molecule is Cc1ccc(OCCNC(=O)CN(c2cccc(F)c2)S(C)(=O)=O)cc1. The van der Waals surface area contributed by atoms with Crippen molar-refractivity contribution in [2.75, 3.05) is 30.3 Å². The van der Waals surface area contributed by atoms with Gasteiger partial charge in [0.15, 0.2) is 0 Å². The smallest absolute Gasteiger partial charge is 0.240 e. The van der Waals surface area contributed by atoms with E-state index in [1.54, 1.807) is 0 Å². The van der Waals surface area contributed by atoms with Crippen molar-refractivity contribution < 1.29 is 22.3 Å². The van der Waals surface area contributed by atoms with E-state index in [9.17, 15) is 17.6 Å². The van der Waals surface area contributed by atoms with Crippen molar-refractivity contribution in [3.05, 3.63) is 59.9 Å². The molecule has 0 aliphatic carbocycles. The summed E-state index contributed by atoms with van der Waals surface area (Å²) in [6.45, 7) is 1.99. The van der Waals surface area contributed by atoms with Crippen molar-refractivity contribution in [3.63, 3.8) is 0 Å². The zero-order chi connectivity index (χ0) is 19.2. The van der Waals surface area contributed by atoms with Gasteiger partial charge in [-0.3, -0.25) is 9.10 Å². The largest absolute Gasteiger partial charge is 0.492 e. The minimum Gasteiger partial charge on any atom is -0.492 e. The van der Waals surface area contributed by atoms with Crippen LogP contribution in [0.25, 0.3) is 0 Å². The highest BCUT2D eigenvalue weighted by molar-refractivity contribution is 7.92. The van der Waals surface area contributed by atoms with Crippen LogP contribution in [0.5, 0.6) is 5.75 Å². The molecule has 0 aromatic heterocycles. The fourth-order valence-corrected chi connectivity index (χ4v) is 3.06. The van der Waals surface area contributed by atoms with Gasteiger partial charge >= 0.3 is 0 Å². The second-order valence-electron chi connectivity index (χ2n) is 5.76. The van der Waals surface area contributed by atoms with Gasteiger partial charge in [0.25, 0.3) is 0 Å². The zero-order valence-corrected chi connectivity index (χ0v) is 15.4. The molecule has 0 fully saturated rings. The van der Waals surface area contributed by atoms with Crippen LogP contribution >= 0.6 is 0 Å². The zero-order valence-electron chi connectivity index (χ0n) is 14.6. The number of hydrogen-bond acceptors (Lipinski definition) is 4. The Morgan fingerprint density at radius 2 is 1.88 bits per heavy atom. The van der Waals surface area contributed by atoms with Crippen molar-refractivity contribution >= 4 is 21.6 Å². The average Bonchev–Trinajstić information content (AvgIpc) is 2.57. The maximum Gasteiger partial charge on any atom is 0.240 e. The molecule has 1 N–H and O–H groups in total. The van der Waals surface area contributed by atoms with Crippen LogP contribution in [0.4, 0.5) is 10.1 Å². The first kappa shape index (κ1) is 19.7. The molecular weight excluding hydrogens is 359 g/mol. The lowest BCUT2D eigenvalue weighted by Gasteiger charge is -2.21. The molecule has 2 aromatic rings. The number of nitrogens with zero attached hydrogens (tertiary/aromatic N) is 1. The van der Waals surface area contributed by atoms with Crippen molar-refractivity contribution in [1.82, 2.24) is 5.32 Å². The number of anilines is 1. The molecule has 0 bridgehead atoms. The lowest BCUT2D eigenvalue weighted by atomic mass is 10.2. The molecule has 26 heavy (non-hydrogen) atoms. The highest BCUT2D eigenvalue weighted by Crippen LogP contribution is 2.18. The van der Waals surface area contributed by atoms with E-state index in [2.05, 4.69) is 5.32 Å². The summed E-state index contributed by atoms with van der Waals surface area (Å²) in [6.07, 6.45) is 0.964. The highest BCUT2D eigenvalue weighted by Gasteiger charge is 2.21. The normalized spacial score (nSPS) is 11.0. The maximum atomic E-state index is 13.3. The predicted molar refractivity (Wildman–Crippen MR) is 98.3 cm³/mol. The first-order chi connectivity index (χ1) is 12.3. The molecule has 0 saturated carbocycles. The molecule has 0 aliphatic heterocycles. The lowest BCUT2D eigenvalue weighted by molar-refractivity contribution is -0.119. The molecule has 0 unspecified atom stereocenters. The fraction of sp³-hybridized carbons (Fsp3) is 0.278. The molecule has 0 heterocycles. The van der Waals surface area contributed by atoms with Gasteiger partial charge in [0.05, 0.1) is 18.5 Å². The number of aryl methyl sites for hydroxylation is 1. The summed E-state index contributed by atoms with van der Waals surface area (Å²) < 4.78 is 43.5. The third-order valence-corrected chi connectivity index (χ3v) is 4.64. The second-order valence-corrected chi connectivity index (χ2v) is 7.67. The Morgan fingerprint density at radius 3 is 2.50 bits per heavy atom. The molecule has 0 atom stereocenters. The van der Waals surface area contributed by atoms with Crippen LogP contribution in [0.15, 0.2) is 48.5 Å². The summed E-state index contributed by atoms with van der Waals surface area (Å²) in [5.74, 6) is -0.405. The van der Waals surface area contributed by atoms with E-state index in [0.29, 0.717) is 5.75 Å². The van der Waals surface area contributed by atoms with Crippen LogP contribution in [0.3, 0.4) is 0 Å². The molecule has 0 aliphatic rings. The quantitative estimate of drug-likeness (QED) is 0.712. The van der Waals surface area contributed by atoms with Gasteiger partial charge in [-0.1, -0.05) is 23.8 Å². The Hall–Kier alpha value is -2.61. The number of nitrogens with one attached hydrogen (secondary N) is 1. The minimum absolute atomic E-state index is 0.0959. The number of sulfonamides is 1. The summed E-state index contributed by atoms with van der Waals surface area (Å²) in [7, 11) is -3.73. The van der Waals surface area contributed by atoms with Gasteiger partial charge in [0, 0.05) is 0 Å². The summed E-state index contributed by atoms with van der Waals surface area (Å²) in [4.78, 5) is 12.0. The summed E-state index contributed by atoms with van der Waals surface area (Å²) in [5, 5.41) is 2.59. The molecule has 140 valence electrons. The number of ether oxygens (including phenoxy) is 1. The van der Waals surface area contributed by atoms with E-state index in [1.807, 2.05) is 31.2 Å². The van der Waals surface area contributed by atoms with Gasteiger partial charge in [0.2, 0.25) is 15.9 Å².